The van der Waals surface area contributed by atoms with Gasteiger partial charge in [-0.15, -0.1) is 0 Å². The highest BCUT2D eigenvalue weighted by Gasteiger charge is 2.41. The van der Waals surface area contributed by atoms with Crippen molar-refractivity contribution in [3.05, 3.63) is 0 Å². The van der Waals surface area contributed by atoms with E-state index in [9.17, 15) is 0 Å². The lowest BCUT2D eigenvalue weighted by Crippen LogP contribution is -2.59. The van der Waals surface area contributed by atoms with E-state index in [1.165, 1.54) is 44.9 Å². The maximum Gasteiger partial charge on any atom is 0.0356 e. The van der Waals surface area contributed by atoms with Crippen LogP contribution in [0, 0.1) is 11.8 Å². The first kappa shape index (κ1) is 16.0. The molecule has 0 radical (unpaired) electrons. The van der Waals surface area contributed by atoms with Gasteiger partial charge in [0.05, 0.1) is 0 Å². The second kappa shape index (κ2) is 6.91. The molecule has 0 aromatic heterocycles. The second-order valence-electron chi connectivity index (χ2n) is 7.13. The van der Waals surface area contributed by atoms with Gasteiger partial charge in [-0.1, -0.05) is 46.5 Å². The molecule has 1 rings (SSSR count). The summed E-state index contributed by atoms with van der Waals surface area (Å²) in [4.78, 5) is 2.42. The van der Waals surface area contributed by atoms with E-state index in [1.54, 1.807) is 0 Å². The Kier molecular flexibility index (Phi) is 6.13. The van der Waals surface area contributed by atoms with Crippen LogP contribution in [0.1, 0.15) is 65.7 Å². The van der Waals surface area contributed by atoms with Crippen molar-refractivity contribution in [2.75, 3.05) is 14.1 Å². The minimum absolute atomic E-state index is 0.259. The van der Waals surface area contributed by atoms with E-state index in [0.29, 0.717) is 6.04 Å². The zero-order chi connectivity index (χ0) is 13.8. The molecule has 3 unspecified atom stereocenters. The Morgan fingerprint density at radius 1 is 1.28 bits per heavy atom. The first-order valence-corrected chi connectivity index (χ1v) is 7.81. The Labute approximate surface area is 114 Å². The van der Waals surface area contributed by atoms with Gasteiger partial charge in [-0.3, -0.25) is 0 Å². The fourth-order valence-corrected chi connectivity index (χ4v) is 3.65. The van der Waals surface area contributed by atoms with Crippen molar-refractivity contribution in [1.82, 2.24) is 4.90 Å². The topological polar surface area (TPSA) is 29.3 Å². The number of likely N-dealkylation sites (N-methyl/N-ethyl adjacent to an activating group) is 1. The van der Waals surface area contributed by atoms with Crippen LogP contribution in [0.5, 0.6) is 0 Å². The molecule has 108 valence electrons. The Morgan fingerprint density at radius 2 is 1.94 bits per heavy atom. The molecule has 1 aliphatic rings. The van der Waals surface area contributed by atoms with Crippen LogP contribution in [-0.2, 0) is 0 Å². The van der Waals surface area contributed by atoms with Crippen LogP contribution in [-0.4, -0.2) is 30.6 Å². The molecular formula is C16H34N2. The molecule has 0 aromatic carbocycles. The summed E-state index contributed by atoms with van der Waals surface area (Å²) in [5.41, 5.74) is 6.85. The third kappa shape index (κ3) is 3.96. The van der Waals surface area contributed by atoms with Gasteiger partial charge < -0.3 is 10.6 Å². The van der Waals surface area contributed by atoms with Gasteiger partial charge in [-0.2, -0.15) is 0 Å². The van der Waals surface area contributed by atoms with Crippen molar-refractivity contribution >= 4 is 0 Å². The molecule has 0 aromatic rings. The van der Waals surface area contributed by atoms with Gasteiger partial charge in [0.1, 0.15) is 0 Å². The fourth-order valence-electron chi connectivity index (χ4n) is 3.65. The highest BCUT2D eigenvalue weighted by Crippen LogP contribution is 2.38. The monoisotopic (exact) mass is 254 g/mol. The molecule has 2 nitrogen and oxygen atoms in total. The predicted molar refractivity (Wildman–Crippen MR) is 80.7 cm³/mol. The lowest BCUT2D eigenvalue weighted by atomic mass is 9.70. The number of nitrogens with zero attached hydrogens (tertiary/aromatic N) is 1. The maximum absolute atomic E-state index is 6.59. The molecular weight excluding hydrogens is 220 g/mol. The summed E-state index contributed by atoms with van der Waals surface area (Å²) in [6, 6.07) is 0.342. The van der Waals surface area contributed by atoms with Gasteiger partial charge in [-0.25, -0.2) is 0 Å². The average Bonchev–Trinajstić information content (AvgIpc) is 2.27. The number of hydrogen-bond donors (Lipinski definition) is 1. The summed E-state index contributed by atoms with van der Waals surface area (Å²) in [5.74, 6) is 1.63. The Bertz CT molecular complexity index is 237. The van der Waals surface area contributed by atoms with Crippen LogP contribution in [0.15, 0.2) is 0 Å². The van der Waals surface area contributed by atoms with Crippen molar-refractivity contribution < 1.29 is 0 Å². The van der Waals surface area contributed by atoms with Crippen LogP contribution >= 0.6 is 0 Å². The largest absolute Gasteiger partial charge is 0.326 e. The molecule has 0 amide bonds. The number of hydrogen-bond acceptors (Lipinski definition) is 2. The quantitative estimate of drug-likeness (QED) is 0.784. The van der Waals surface area contributed by atoms with E-state index >= 15 is 0 Å². The first-order valence-electron chi connectivity index (χ1n) is 7.81. The Balaban J connectivity index is 2.60. The predicted octanol–water partition coefficient (Wildman–Crippen LogP) is 3.65. The zero-order valence-electron chi connectivity index (χ0n) is 13.2. The van der Waals surface area contributed by atoms with E-state index in [-0.39, 0.29) is 5.54 Å². The third-order valence-corrected chi connectivity index (χ3v) is 4.89. The van der Waals surface area contributed by atoms with Crippen molar-refractivity contribution in [1.29, 1.82) is 0 Å². The van der Waals surface area contributed by atoms with Crippen LogP contribution in [0.3, 0.4) is 0 Å². The minimum Gasteiger partial charge on any atom is -0.326 e. The van der Waals surface area contributed by atoms with Crippen LogP contribution in [0.25, 0.3) is 0 Å². The van der Waals surface area contributed by atoms with Crippen molar-refractivity contribution in [3.8, 4) is 0 Å². The van der Waals surface area contributed by atoms with Crippen molar-refractivity contribution in [2.24, 2.45) is 17.6 Å². The molecule has 18 heavy (non-hydrogen) atoms. The minimum atomic E-state index is 0.259. The Hall–Kier alpha value is -0.0800. The van der Waals surface area contributed by atoms with Crippen LogP contribution in [0.2, 0.25) is 0 Å². The van der Waals surface area contributed by atoms with Gasteiger partial charge in [0.15, 0.2) is 0 Å². The molecule has 2 N–H and O–H groups in total. The van der Waals surface area contributed by atoms with Crippen molar-refractivity contribution in [3.63, 3.8) is 0 Å². The van der Waals surface area contributed by atoms with Gasteiger partial charge >= 0.3 is 0 Å². The van der Waals surface area contributed by atoms with E-state index in [4.69, 9.17) is 5.73 Å². The summed E-state index contributed by atoms with van der Waals surface area (Å²) in [6.07, 6.45) is 9.07. The Morgan fingerprint density at radius 3 is 2.44 bits per heavy atom. The van der Waals surface area contributed by atoms with Gasteiger partial charge in [0.25, 0.3) is 0 Å². The third-order valence-electron chi connectivity index (χ3n) is 4.89. The molecule has 0 aliphatic heterocycles. The summed E-state index contributed by atoms with van der Waals surface area (Å²) in [6.45, 7) is 6.99. The average molecular weight is 254 g/mol. The SMILES string of the molecule is CC(C)CCCC(N)C1(N(C)C)CCCC(C)C1. The molecule has 0 spiro atoms. The van der Waals surface area contributed by atoms with E-state index in [2.05, 4.69) is 39.8 Å². The molecule has 1 aliphatic carbocycles. The lowest BCUT2D eigenvalue weighted by molar-refractivity contribution is 0.0466. The van der Waals surface area contributed by atoms with Gasteiger partial charge in [0, 0.05) is 11.6 Å². The second-order valence-corrected chi connectivity index (χ2v) is 7.13. The summed E-state index contributed by atoms with van der Waals surface area (Å²) in [5, 5.41) is 0. The number of rotatable bonds is 6. The molecule has 0 saturated heterocycles. The number of nitrogens with two attached hydrogens (primary N) is 1. The van der Waals surface area contributed by atoms with E-state index in [1.807, 2.05) is 0 Å². The molecule has 1 saturated carbocycles. The summed E-state index contributed by atoms with van der Waals surface area (Å²) >= 11 is 0. The van der Waals surface area contributed by atoms with E-state index < -0.39 is 0 Å². The fraction of sp³-hybridized carbons (Fsp3) is 1.00. The zero-order valence-corrected chi connectivity index (χ0v) is 13.2. The van der Waals surface area contributed by atoms with Crippen LogP contribution < -0.4 is 5.73 Å². The van der Waals surface area contributed by atoms with Crippen LogP contribution in [0.4, 0.5) is 0 Å². The first-order chi connectivity index (χ1) is 8.38. The molecule has 0 bridgehead atoms. The summed E-state index contributed by atoms with van der Waals surface area (Å²) in [7, 11) is 4.45. The smallest absolute Gasteiger partial charge is 0.0356 e. The van der Waals surface area contributed by atoms with Crippen molar-refractivity contribution in [2.45, 2.75) is 77.3 Å². The molecule has 1 fully saturated rings. The molecule has 0 heterocycles. The normalized spacial score (nSPS) is 31.0. The highest BCUT2D eigenvalue weighted by molar-refractivity contribution is 5.00. The highest BCUT2D eigenvalue weighted by atomic mass is 15.2. The molecule has 2 heteroatoms. The lowest BCUT2D eigenvalue weighted by Gasteiger charge is -2.49. The van der Waals surface area contributed by atoms with E-state index in [0.717, 1.165) is 11.8 Å². The molecule has 3 atom stereocenters. The van der Waals surface area contributed by atoms with Gasteiger partial charge in [0.2, 0.25) is 0 Å². The maximum atomic E-state index is 6.59. The standard InChI is InChI=1S/C16H34N2/c1-13(2)8-6-10-15(17)16(18(4)5)11-7-9-14(3)12-16/h13-15H,6-12,17H2,1-5H3. The summed E-state index contributed by atoms with van der Waals surface area (Å²) < 4.78 is 0. The van der Waals surface area contributed by atoms with Gasteiger partial charge in [-0.05, 0) is 45.2 Å².